The summed E-state index contributed by atoms with van der Waals surface area (Å²) >= 11 is 5.87. The molecule has 2 aromatic rings. The minimum Gasteiger partial charge on any atom is -0.480 e. The van der Waals surface area contributed by atoms with Crippen LogP contribution >= 0.6 is 11.6 Å². The lowest BCUT2D eigenvalue weighted by molar-refractivity contribution is -0.140. The minimum atomic E-state index is -0.483. The summed E-state index contributed by atoms with van der Waals surface area (Å²) in [6, 6.07) is 12.2. The molecule has 142 valence electrons. The van der Waals surface area contributed by atoms with Crippen LogP contribution in [0.3, 0.4) is 0 Å². The van der Waals surface area contributed by atoms with Crippen LogP contribution in [0.4, 0.5) is 5.69 Å². The highest BCUT2D eigenvalue weighted by atomic mass is 35.5. The molecule has 0 bridgehead atoms. The summed E-state index contributed by atoms with van der Waals surface area (Å²) in [7, 11) is 0. The number of halogens is 1. The highest BCUT2D eigenvalue weighted by Gasteiger charge is 2.31. The number of carbonyl (C=O) groups excluding carboxylic acids is 2. The first-order valence-electron chi connectivity index (χ1n) is 9.06. The Kier molecular flexibility index (Phi) is 5.71. The van der Waals surface area contributed by atoms with Crippen molar-refractivity contribution < 1.29 is 14.3 Å². The van der Waals surface area contributed by atoms with E-state index in [-0.39, 0.29) is 17.9 Å². The van der Waals surface area contributed by atoms with Crippen LogP contribution < -0.4 is 10.1 Å². The molecule has 0 radical (unpaired) electrons. The lowest BCUT2D eigenvalue weighted by Crippen LogP contribution is -2.42. The first-order chi connectivity index (χ1) is 12.9. The number of carbonyl (C=O) groups is 2. The van der Waals surface area contributed by atoms with Gasteiger partial charge in [0.1, 0.15) is 5.75 Å². The first kappa shape index (κ1) is 19.2. The maximum Gasteiger partial charge on any atom is 0.264 e. The van der Waals surface area contributed by atoms with Crippen molar-refractivity contribution in [2.75, 3.05) is 5.32 Å². The lowest BCUT2D eigenvalue weighted by atomic mass is 10.1. The normalized spacial score (nSPS) is 16.6. The highest BCUT2D eigenvalue weighted by Crippen LogP contribution is 2.30. The zero-order valence-electron chi connectivity index (χ0n) is 15.7. The van der Waals surface area contributed by atoms with E-state index in [1.54, 1.807) is 30.3 Å². The Balaban J connectivity index is 1.85. The third-order valence-corrected chi connectivity index (χ3v) is 4.84. The number of benzene rings is 2. The van der Waals surface area contributed by atoms with Gasteiger partial charge in [-0.25, -0.2) is 0 Å². The monoisotopic (exact) mass is 386 g/mol. The number of amides is 2. The summed E-state index contributed by atoms with van der Waals surface area (Å²) < 4.78 is 5.94. The largest absolute Gasteiger partial charge is 0.480 e. The predicted molar refractivity (Wildman–Crippen MR) is 106 cm³/mol. The van der Waals surface area contributed by atoms with Crippen molar-refractivity contribution in [1.29, 1.82) is 0 Å². The molecule has 0 spiro atoms. The molecule has 1 aliphatic heterocycles. The van der Waals surface area contributed by atoms with Crippen LogP contribution in [0.25, 0.3) is 0 Å². The zero-order chi connectivity index (χ0) is 19.6. The smallest absolute Gasteiger partial charge is 0.264 e. The average Bonchev–Trinajstić information content (AvgIpc) is 2.78. The summed E-state index contributed by atoms with van der Waals surface area (Å²) in [6.45, 7) is 6.36. The van der Waals surface area contributed by atoms with Crippen molar-refractivity contribution in [3.8, 4) is 5.75 Å². The third-order valence-electron chi connectivity index (χ3n) is 4.59. The van der Waals surface area contributed by atoms with Crippen LogP contribution in [-0.4, -0.2) is 28.9 Å². The second-order valence-electron chi connectivity index (χ2n) is 6.86. The van der Waals surface area contributed by atoms with Crippen LogP contribution in [0, 0.1) is 0 Å². The van der Waals surface area contributed by atoms with E-state index >= 15 is 0 Å². The molecule has 1 atom stereocenters. The number of anilines is 1. The van der Waals surface area contributed by atoms with E-state index < -0.39 is 6.10 Å². The maximum absolute atomic E-state index is 12.7. The SMILES string of the molecule is CCC1Oc2ccc(NC(=O)c3ccc(Cl)cc3)cc2CN(C(C)C)C1=O. The number of hydrogen-bond acceptors (Lipinski definition) is 3. The number of nitrogens with zero attached hydrogens (tertiary/aromatic N) is 1. The predicted octanol–water partition coefficient (Wildman–Crippen LogP) is 4.50. The van der Waals surface area contributed by atoms with Gasteiger partial charge in [0.05, 0.1) is 0 Å². The molecular weight excluding hydrogens is 364 g/mol. The zero-order valence-corrected chi connectivity index (χ0v) is 16.4. The fourth-order valence-corrected chi connectivity index (χ4v) is 3.17. The van der Waals surface area contributed by atoms with Gasteiger partial charge in [-0.2, -0.15) is 0 Å². The van der Waals surface area contributed by atoms with Gasteiger partial charge in [0.15, 0.2) is 6.10 Å². The van der Waals surface area contributed by atoms with E-state index in [0.717, 1.165) is 5.56 Å². The van der Waals surface area contributed by atoms with Crippen LogP contribution in [0.1, 0.15) is 43.1 Å². The van der Waals surface area contributed by atoms with Gasteiger partial charge >= 0.3 is 0 Å². The molecule has 27 heavy (non-hydrogen) atoms. The topological polar surface area (TPSA) is 58.6 Å². The van der Waals surface area contributed by atoms with Gasteiger partial charge in [-0.05, 0) is 62.7 Å². The van der Waals surface area contributed by atoms with Crippen molar-refractivity contribution in [2.24, 2.45) is 0 Å². The van der Waals surface area contributed by atoms with Crippen molar-refractivity contribution >= 4 is 29.1 Å². The Hall–Kier alpha value is -2.53. The Bertz CT molecular complexity index is 849. The average molecular weight is 387 g/mol. The first-order valence-corrected chi connectivity index (χ1v) is 9.43. The summed E-state index contributed by atoms with van der Waals surface area (Å²) in [5, 5.41) is 3.47. The molecule has 0 saturated carbocycles. The minimum absolute atomic E-state index is 0.00421. The molecular formula is C21H23ClN2O3. The second kappa shape index (κ2) is 8.01. The Morgan fingerprint density at radius 1 is 1.26 bits per heavy atom. The standard InChI is InChI=1S/C21H23ClN2O3/c1-4-18-21(26)24(13(2)3)12-15-11-17(9-10-19(15)27-18)23-20(25)14-5-7-16(22)8-6-14/h5-11,13,18H,4,12H2,1-3H3,(H,23,25). The van der Waals surface area contributed by atoms with Crippen LogP contribution in [0.15, 0.2) is 42.5 Å². The number of ether oxygens (including phenoxy) is 1. The van der Waals surface area contributed by atoms with Crippen molar-refractivity contribution in [2.45, 2.75) is 45.9 Å². The number of fused-ring (bicyclic) bond motifs is 1. The summed E-state index contributed by atoms with van der Waals surface area (Å²) in [5.74, 6) is 0.461. The molecule has 0 aliphatic carbocycles. The number of rotatable bonds is 4. The summed E-state index contributed by atoms with van der Waals surface area (Å²) in [5.41, 5.74) is 2.06. The number of hydrogen-bond donors (Lipinski definition) is 1. The van der Waals surface area contributed by atoms with E-state index in [0.29, 0.717) is 35.0 Å². The molecule has 3 rings (SSSR count). The summed E-state index contributed by atoms with van der Waals surface area (Å²) in [4.78, 5) is 26.9. The van der Waals surface area contributed by atoms with Crippen LogP contribution in [0.2, 0.25) is 5.02 Å². The molecule has 0 aromatic heterocycles. The molecule has 1 N–H and O–H groups in total. The van der Waals surface area contributed by atoms with Gasteiger partial charge in [-0.1, -0.05) is 18.5 Å². The maximum atomic E-state index is 12.7. The quantitative estimate of drug-likeness (QED) is 0.841. The molecule has 2 aromatic carbocycles. The molecule has 6 heteroatoms. The Labute approximate surface area is 164 Å². The van der Waals surface area contributed by atoms with Crippen LogP contribution in [0.5, 0.6) is 5.75 Å². The van der Waals surface area contributed by atoms with E-state index in [1.165, 1.54) is 0 Å². The van der Waals surface area contributed by atoms with Crippen molar-refractivity contribution in [1.82, 2.24) is 4.90 Å². The van der Waals surface area contributed by atoms with Gasteiger partial charge in [-0.15, -0.1) is 0 Å². The third kappa shape index (κ3) is 4.25. The molecule has 0 fully saturated rings. The van der Waals surface area contributed by atoms with E-state index in [1.807, 2.05) is 37.8 Å². The van der Waals surface area contributed by atoms with Gasteiger partial charge in [0.2, 0.25) is 0 Å². The van der Waals surface area contributed by atoms with Crippen LogP contribution in [-0.2, 0) is 11.3 Å². The van der Waals surface area contributed by atoms with Gasteiger partial charge in [-0.3, -0.25) is 9.59 Å². The second-order valence-corrected chi connectivity index (χ2v) is 7.29. The molecule has 1 aliphatic rings. The molecule has 2 amide bonds. The summed E-state index contributed by atoms with van der Waals surface area (Å²) in [6.07, 6.45) is 0.124. The number of nitrogens with one attached hydrogen (secondary N) is 1. The van der Waals surface area contributed by atoms with Crippen molar-refractivity contribution in [3.63, 3.8) is 0 Å². The van der Waals surface area contributed by atoms with Crippen molar-refractivity contribution in [3.05, 3.63) is 58.6 Å². The van der Waals surface area contributed by atoms with Gasteiger partial charge < -0.3 is 15.0 Å². The molecule has 5 nitrogen and oxygen atoms in total. The fraction of sp³-hybridized carbons (Fsp3) is 0.333. The van der Waals surface area contributed by atoms with E-state index in [9.17, 15) is 9.59 Å². The molecule has 1 heterocycles. The Morgan fingerprint density at radius 2 is 1.96 bits per heavy atom. The Morgan fingerprint density at radius 3 is 2.59 bits per heavy atom. The molecule has 1 unspecified atom stereocenters. The van der Waals surface area contributed by atoms with Gasteiger partial charge in [0, 0.05) is 34.4 Å². The molecule has 0 saturated heterocycles. The lowest BCUT2D eigenvalue weighted by Gasteiger charge is -2.27. The fourth-order valence-electron chi connectivity index (χ4n) is 3.05. The van der Waals surface area contributed by atoms with Gasteiger partial charge in [0.25, 0.3) is 11.8 Å². The highest BCUT2D eigenvalue weighted by molar-refractivity contribution is 6.30. The van der Waals surface area contributed by atoms with E-state index in [2.05, 4.69) is 5.32 Å². The van der Waals surface area contributed by atoms with E-state index in [4.69, 9.17) is 16.3 Å².